The fourth-order valence-electron chi connectivity index (χ4n) is 1.45. The third-order valence-corrected chi connectivity index (χ3v) is 3.19. The van der Waals surface area contributed by atoms with Gasteiger partial charge in [-0.3, -0.25) is 19.4 Å². The van der Waals surface area contributed by atoms with Crippen molar-refractivity contribution in [2.45, 2.75) is 11.9 Å². The molecule has 2 aromatic rings. The van der Waals surface area contributed by atoms with Crippen molar-refractivity contribution in [1.29, 1.82) is 0 Å². The highest BCUT2D eigenvalue weighted by atomic mass is 32.2. The van der Waals surface area contributed by atoms with E-state index in [0.29, 0.717) is 22.7 Å². The standard InChI is InChI=1S/C10H12N4O3S/c1-3-17-6(15)4-18-9-7-8(11-5-12-9)10(16)14(2)13-7/h5,13H,3-4H2,1-2H3. The number of aryl methyl sites for hydroxylation is 1. The van der Waals surface area contributed by atoms with E-state index in [1.165, 1.54) is 22.8 Å². The average molecular weight is 268 g/mol. The summed E-state index contributed by atoms with van der Waals surface area (Å²) in [6, 6.07) is 0. The van der Waals surface area contributed by atoms with Crippen LogP contribution >= 0.6 is 11.8 Å². The van der Waals surface area contributed by atoms with E-state index in [4.69, 9.17) is 4.74 Å². The summed E-state index contributed by atoms with van der Waals surface area (Å²) >= 11 is 1.21. The van der Waals surface area contributed by atoms with E-state index in [0.717, 1.165) is 0 Å². The molecule has 0 amide bonds. The van der Waals surface area contributed by atoms with E-state index in [1.54, 1.807) is 14.0 Å². The van der Waals surface area contributed by atoms with Crippen molar-refractivity contribution in [3.05, 3.63) is 16.7 Å². The van der Waals surface area contributed by atoms with Crippen LogP contribution < -0.4 is 5.56 Å². The van der Waals surface area contributed by atoms with Gasteiger partial charge in [0.15, 0.2) is 5.52 Å². The number of thioether (sulfide) groups is 1. The summed E-state index contributed by atoms with van der Waals surface area (Å²) in [5, 5.41) is 3.42. The summed E-state index contributed by atoms with van der Waals surface area (Å²) in [6.45, 7) is 2.10. The minimum Gasteiger partial charge on any atom is -0.465 e. The zero-order valence-corrected chi connectivity index (χ0v) is 10.8. The summed E-state index contributed by atoms with van der Waals surface area (Å²) in [7, 11) is 1.60. The number of aromatic amines is 1. The number of H-pyrrole nitrogens is 1. The number of hydrogen-bond acceptors (Lipinski definition) is 6. The van der Waals surface area contributed by atoms with Crippen LogP contribution in [0, 0.1) is 0 Å². The Bertz CT molecular complexity index is 634. The highest BCUT2D eigenvalue weighted by Gasteiger charge is 2.12. The molecule has 7 nitrogen and oxygen atoms in total. The molecule has 1 N–H and O–H groups in total. The molecule has 0 saturated heterocycles. The largest absolute Gasteiger partial charge is 0.465 e. The Hall–Kier alpha value is -1.83. The Labute approximate surface area is 107 Å². The SMILES string of the molecule is CCOC(=O)CSc1ncnc2c(=O)n(C)[nH]c12. The molecule has 2 rings (SSSR count). The summed E-state index contributed by atoms with van der Waals surface area (Å²) in [5.41, 5.74) is 0.642. The maximum atomic E-state index is 11.7. The summed E-state index contributed by atoms with van der Waals surface area (Å²) in [4.78, 5) is 30.9. The van der Waals surface area contributed by atoms with Gasteiger partial charge in [0.1, 0.15) is 16.9 Å². The van der Waals surface area contributed by atoms with Gasteiger partial charge in [0.2, 0.25) is 0 Å². The molecule has 0 aliphatic heterocycles. The maximum absolute atomic E-state index is 11.7. The Balaban J connectivity index is 2.26. The predicted molar refractivity (Wildman–Crippen MR) is 66.5 cm³/mol. The maximum Gasteiger partial charge on any atom is 0.316 e. The van der Waals surface area contributed by atoms with Crippen LogP contribution in [0.5, 0.6) is 0 Å². The minimum absolute atomic E-state index is 0.150. The van der Waals surface area contributed by atoms with Gasteiger partial charge in [0.25, 0.3) is 5.56 Å². The number of ether oxygens (including phenoxy) is 1. The number of carbonyl (C=O) groups is 1. The van der Waals surface area contributed by atoms with Gasteiger partial charge in [-0.2, -0.15) is 0 Å². The third-order valence-electron chi connectivity index (χ3n) is 2.23. The lowest BCUT2D eigenvalue weighted by Crippen LogP contribution is -2.11. The molecule has 0 bridgehead atoms. The quantitative estimate of drug-likeness (QED) is 0.487. The Morgan fingerprint density at radius 1 is 1.56 bits per heavy atom. The van der Waals surface area contributed by atoms with Crippen LogP contribution in [0.25, 0.3) is 11.0 Å². The molecular formula is C10H12N4O3S. The second kappa shape index (κ2) is 5.21. The van der Waals surface area contributed by atoms with Gasteiger partial charge >= 0.3 is 5.97 Å². The molecule has 0 radical (unpaired) electrons. The molecule has 2 heterocycles. The van der Waals surface area contributed by atoms with Crippen molar-refractivity contribution in [3.63, 3.8) is 0 Å². The number of fused-ring (bicyclic) bond motifs is 1. The highest BCUT2D eigenvalue weighted by molar-refractivity contribution is 8.00. The third kappa shape index (κ3) is 2.37. The molecule has 0 saturated carbocycles. The van der Waals surface area contributed by atoms with E-state index in [2.05, 4.69) is 15.1 Å². The lowest BCUT2D eigenvalue weighted by Gasteiger charge is -2.01. The van der Waals surface area contributed by atoms with E-state index in [-0.39, 0.29) is 17.3 Å². The number of rotatable bonds is 4. The minimum atomic E-state index is -0.312. The predicted octanol–water partition coefficient (Wildman–Crippen LogP) is 0.312. The summed E-state index contributed by atoms with van der Waals surface area (Å²) < 4.78 is 6.15. The summed E-state index contributed by atoms with van der Waals surface area (Å²) in [6.07, 6.45) is 1.31. The van der Waals surface area contributed by atoms with Gasteiger partial charge in [-0.1, -0.05) is 11.8 Å². The Morgan fingerprint density at radius 2 is 2.33 bits per heavy atom. The first-order chi connectivity index (χ1) is 8.63. The van der Waals surface area contributed by atoms with Crippen molar-refractivity contribution < 1.29 is 9.53 Å². The molecule has 0 spiro atoms. The molecule has 96 valence electrons. The fourth-order valence-corrected chi connectivity index (χ4v) is 2.20. The monoisotopic (exact) mass is 268 g/mol. The molecule has 18 heavy (non-hydrogen) atoms. The van der Waals surface area contributed by atoms with Gasteiger partial charge < -0.3 is 4.74 Å². The lowest BCUT2D eigenvalue weighted by atomic mass is 10.5. The van der Waals surface area contributed by atoms with Gasteiger partial charge in [0, 0.05) is 7.05 Å². The van der Waals surface area contributed by atoms with Crippen LogP contribution in [-0.2, 0) is 16.6 Å². The van der Waals surface area contributed by atoms with E-state index in [9.17, 15) is 9.59 Å². The Kier molecular flexibility index (Phi) is 3.66. The average Bonchev–Trinajstić information content (AvgIpc) is 2.64. The number of nitrogens with one attached hydrogen (secondary N) is 1. The van der Waals surface area contributed by atoms with E-state index >= 15 is 0 Å². The molecule has 0 aliphatic rings. The van der Waals surface area contributed by atoms with E-state index in [1.807, 2.05) is 0 Å². The lowest BCUT2D eigenvalue weighted by molar-refractivity contribution is -0.139. The number of hydrogen-bond donors (Lipinski definition) is 1. The van der Waals surface area contributed by atoms with Crippen molar-refractivity contribution in [1.82, 2.24) is 19.7 Å². The molecular weight excluding hydrogens is 256 g/mol. The van der Waals surface area contributed by atoms with Gasteiger partial charge in [0.05, 0.1) is 12.4 Å². The van der Waals surface area contributed by atoms with Crippen LogP contribution in [-0.4, -0.2) is 38.1 Å². The van der Waals surface area contributed by atoms with Crippen molar-refractivity contribution in [3.8, 4) is 0 Å². The molecule has 0 atom stereocenters. The zero-order valence-electron chi connectivity index (χ0n) is 9.97. The van der Waals surface area contributed by atoms with Crippen molar-refractivity contribution in [2.24, 2.45) is 7.05 Å². The van der Waals surface area contributed by atoms with Crippen LogP contribution in [0.2, 0.25) is 0 Å². The van der Waals surface area contributed by atoms with Gasteiger partial charge in [-0.15, -0.1) is 0 Å². The van der Waals surface area contributed by atoms with Crippen molar-refractivity contribution in [2.75, 3.05) is 12.4 Å². The second-order valence-corrected chi connectivity index (χ2v) is 4.44. The number of nitrogens with zero attached hydrogens (tertiary/aromatic N) is 3. The van der Waals surface area contributed by atoms with Crippen LogP contribution in [0.15, 0.2) is 16.1 Å². The molecule has 2 aromatic heterocycles. The number of aromatic nitrogens is 4. The molecule has 0 unspecified atom stereocenters. The highest BCUT2D eigenvalue weighted by Crippen LogP contribution is 2.21. The van der Waals surface area contributed by atoms with Crippen molar-refractivity contribution >= 4 is 28.8 Å². The Morgan fingerprint density at radius 3 is 3.06 bits per heavy atom. The fraction of sp³-hybridized carbons (Fsp3) is 0.400. The van der Waals surface area contributed by atoms with Gasteiger partial charge in [-0.05, 0) is 6.92 Å². The molecule has 0 aliphatic carbocycles. The van der Waals surface area contributed by atoms with Crippen LogP contribution in [0.3, 0.4) is 0 Å². The van der Waals surface area contributed by atoms with Crippen LogP contribution in [0.1, 0.15) is 6.92 Å². The second-order valence-electron chi connectivity index (χ2n) is 3.47. The van der Waals surface area contributed by atoms with E-state index < -0.39 is 0 Å². The first-order valence-electron chi connectivity index (χ1n) is 5.31. The number of esters is 1. The topological polar surface area (TPSA) is 89.9 Å². The number of carbonyl (C=O) groups excluding carboxylic acids is 1. The summed E-state index contributed by atoms with van der Waals surface area (Å²) in [5.74, 6) is -0.163. The molecule has 0 fully saturated rings. The molecule has 0 aromatic carbocycles. The molecule has 8 heteroatoms. The smallest absolute Gasteiger partial charge is 0.316 e. The first-order valence-corrected chi connectivity index (χ1v) is 6.30. The van der Waals surface area contributed by atoms with Crippen LogP contribution in [0.4, 0.5) is 0 Å². The normalized spacial score (nSPS) is 10.8. The zero-order chi connectivity index (χ0) is 13.1. The first kappa shape index (κ1) is 12.6. The van der Waals surface area contributed by atoms with Gasteiger partial charge in [-0.25, -0.2) is 9.97 Å².